The number of amides is 1. The molecular weight excluding hydrogens is 200 g/mol. The van der Waals surface area contributed by atoms with Gasteiger partial charge in [-0.2, -0.15) is 0 Å². The van der Waals surface area contributed by atoms with E-state index in [9.17, 15) is 14.9 Å². The Balaban J connectivity index is 2.52. The quantitative estimate of drug-likeness (QED) is 0.557. The summed E-state index contributed by atoms with van der Waals surface area (Å²) < 4.78 is 5.22. The van der Waals surface area contributed by atoms with Crippen molar-refractivity contribution in [3.8, 4) is 5.75 Å². The van der Waals surface area contributed by atoms with Gasteiger partial charge in [0.15, 0.2) is 5.69 Å². The lowest BCUT2D eigenvalue weighted by Gasteiger charge is -2.06. The van der Waals surface area contributed by atoms with Crippen LogP contribution in [0.2, 0.25) is 0 Å². The van der Waals surface area contributed by atoms with Crippen LogP contribution in [-0.2, 0) is 4.79 Å². The molecule has 1 aromatic rings. The van der Waals surface area contributed by atoms with Crippen molar-refractivity contribution in [3.05, 3.63) is 28.3 Å². The normalized spacial score (nSPS) is 14.5. The van der Waals surface area contributed by atoms with Gasteiger partial charge in [0, 0.05) is 6.07 Å². The highest BCUT2D eigenvalue weighted by Crippen LogP contribution is 2.35. The van der Waals surface area contributed by atoms with Gasteiger partial charge in [0.1, 0.15) is 5.75 Å². The molecule has 0 aliphatic carbocycles. The summed E-state index contributed by atoms with van der Waals surface area (Å²) in [4.78, 5) is 21.3. The number of rotatable bonds is 1. The van der Waals surface area contributed by atoms with Gasteiger partial charge in [-0.05, 0) is 6.07 Å². The van der Waals surface area contributed by atoms with Crippen molar-refractivity contribution in [2.45, 2.75) is 6.42 Å². The van der Waals surface area contributed by atoms with Gasteiger partial charge in [0.05, 0.1) is 18.0 Å². The molecule has 0 spiro atoms. The van der Waals surface area contributed by atoms with Crippen LogP contribution < -0.4 is 10.1 Å². The minimum absolute atomic E-state index is 0.144. The smallest absolute Gasteiger partial charge is 0.296 e. The minimum atomic E-state index is -0.548. The number of ether oxygens (including phenoxy) is 1. The van der Waals surface area contributed by atoms with Crippen molar-refractivity contribution in [1.82, 2.24) is 0 Å². The maximum atomic E-state index is 11.2. The van der Waals surface area contributed by atoms with E-state index in [-0.39, 0.29) is 30.3 Å². The largest absolute Gasteiger partial charge is 0.491 e. The summed E-state index contributed by atoms with van der Waals surface area (Å²) in [5, 5.41) is 13.2. The van der Waals surface area contributed by atoms with E-state index >= 15 is 0 Å². The van der Waals surface area contributed by atoms with Crippen LogP contribution in [0.4, 0.5) is 11.4 Å². The van der Waals surface area contributed by atoms with Gasteiger partial charge in [0.25, 0.3) is 5.69 Å². The zero-order chi connectivity index (χ0) is 10.8. The number of benzene rings is 1. The molecule has 0 saturated heterocycles. The first-order valence-electron chi connectivity index (χ1n) is 4.38. The predicted molar refractivity (Wildman–Crippen MR) is 51.8 cm³/mol. The van der Waals surface area contributed by atoms with E-state index in [4.69, 9.17) is 4.74 Å². The fourth-order valence-electron chi connectivity index (χ4n) is 1.37. The van der Waals surface area contributed by atoms with E-state index < -0.39 is 4.92 Å². The second-order valence-corrected chi connectivity index (χ2v) is 3.05. The molecule has 1 aromatic carbocycles. The lowest BCUT2D eigenvalue weighted by molar-refractivity contribution is -0.384. The van der Waals surface area contributed by atoms with Crippen LogP contribution in [-0.4, -0.2) is 17.4 Å². The Labute approximate surface area is 85.0 Å². The fourth-order valence-corrected chi connectivity index (χ4v) is 1.37. The zero-order valence-corrected chi connectivity index (χ0v) is 7.73. The summed E-state index contributed by atoms with van der Waals surface area (Å²) in [7, 11) is 0. The van der Waals surface area contributed by atoms with E-state index in [0.717, 1.165) is 0 Å². The molecule has 1 amide bonds. The van der Waals surface area contributed by atoms with Gasteiger partial charge in [0.2, 0.25) is 5.91 Å². The first-order chi connectivity index (χ1) is 7.18. The molecule has 0 aromatic heterocycles. The third-order valence-electron chi connectivity index (χ3n) is 2.05. The molecule has 1 N–H and O–H groups in total. The molecular formula is C9H8N2O4. The molecule has 1 heterocycles. The molecule has 78 valence electrons. The van der Waals surface area contributed by atoms with E-state index in [0.29, 0.717) is 5.75 Å². The van der Waals surface area contributed by atoms with Crippen LogP contribution in [0, 0.1) is 10.1 Å². The van der Waals surface area contributed by atoms with Crippen LogP contribution in [0.5, 0.6) is 5.75 Å². The van der Waals surface area contributed by atoms with Gasteiger partial charge in [-0.15, -0.1) is 0 Å². The number of fused-ring (bicyclic) bond motifs is 1. The van der Waals surface area contributed by atoms with E-state index in [2.05, 4.69) is 5.32 Å². The summed E-state index contributed by atoms with van der Waals surface area (Å²) >= 11 is 0. The molecule has 0 saturated carbocycles. The van der Waals surface area contributed by atoms with Crippen molar-refractivity contribution < 1.29 is 14.5 Å². The molecule has 0 atom stereocenters. The molecule has 15 heavy (non-hydrogen) atoms. The van der Waals surface area contributed by atoms with Gasteiger partial charge in [-0.1, -0.05) is 6.07 Å². The number of carbonyl (C=O) groups is 1. The number of anilines is 1. The SMILES string of the molecule is O=C1CCOc2cccc([N+](=O)[O-])c2N1. The van der Waals surface area contributed by atoms with Gasteiger partial charge < -0.3 is 10.1 Å². The standard InChI is InChI=1S/C9H8N2O4/c12-8-4-5-15-7-3-1-2-6(11(13)14)9(7)10-8/h1-3H,4-5H2,(H,10,12). The van der Waals surface area contributed by atoms with Gasteiger partial charge in [-0.25, -0.2) is 0 Å². The van der Waals surface area contributed by atoms with Crippen LogP contribution in [0.15, 0.2) is 18.2 Å². The van der Waals surface area contributed by atoms with Gasteiger partial charge in [-0.3, -0.25) is 14.9 Å². The third kappa shape index (κ3) is 1.74. The molecule has 6 heteroatoms. The van der Waals surface area contributed by atoms with Crippen molar-refractivity contribution in [1.29, 1.82) is 0 Å². The first-order valence-corrected chi connectivity index (χ1v) is 4.38. The molecule has 1 aliphatic rings. The highest BCUT2D eigenvalue weighted by Gasteiger charge is 2.22. The predicted octanol–water partition coefficient (Wildman–Crippen LogP) is 1.32. The molecule has 6 nitrogen and oxygen atoms in total. The lowest BCUT2D eigenvalue weighted by Crippen LogP contribution is -2.11. The second kappa shape index (κ2) is 3.56. The number of para-hydroxylation sites is 1. The van der Waals surface area contributed by atoms with Crippen molar-refractivity contribution in [2.24, 2.45) is 0 Å². The Morgan fingerprint density at radius 1 is 1.47 bits per heavy atom. The Morgan fingerprint density at radius 3 is 3.00 bits per heavy atom. The highest BCUT2D eigenvalue weighted by molar-refractivity contribution is 5.95. The average Bonchev–Trinajstić information content (AvgIpc) is 2.37. The van der Waals surface area contributed by atoms with E-state index in [1.165, 1.54) is 12.1 Å². The Kier molecular flexibility index (Phi) is 2.24. The fraction of sp³-hybridized carbons (Fsp3) is 0.222. The average molecular weight is 208 g/mol. The number of nitrogens with zero attached hydrogens (tertiary/aromatic N) is 1. The molecule has 1 aliphatic heterocycles. The van der Waals surface area contributed by atoms with Crippen LogP contribution in [0.3, 0.4) is 0 Å². The summed E-state index contributed by atoms with van der Waals surface area (Å²) in [6.07, 6.45) is 0.200. The van der Waals surface area contributed by atoms with E-state index in [1.807, 2.05) is 0 Å². The number of nitro benzene ring substituents is 1. The highest BCUT2D eigenvalue weighted by atomic mass is 16.6. The zero-order valence-electron chi connectivity index (χ0n) is 7.73. The number of hydrogen-bond acceptors (Lipinski definition) is 4. The van der Waals surface area contributed by atoms with Crippen LogP contribution in [0.25, 0.3) is 0 Å². The Hall–Kier alpha value is -2.11. The Bertz CT molecular complexity index is 430. The summed E-state index contributed by atoms with van der Waals surface area (Å²) in [6, 6.07) is 4.44. The van der Waals surface area contributed by atoms with Crippen molar-refractivity contribution in [3.63, 3.8) is 0 Å². The lowest BCUT2D eigenvalue weighted by atomic mass is 10.2. The molecule has 0 bridgehead atoms. The maximum absolute atomic E-state index is 11.2. The number of nitrogens with one attached hydrogen (secondary N) is 1. The number of nitro groups is 1. The second-order valence-electron chi connectivity index (χ2n) is 3.05. The third-order valence-corrected chi connectivity index (χ3v) is 2.05. The summed E-state index contributed by atoms with van der Waals surface area (Å²) in [5.74, 6) is 0.0677. The maximum Gasteiger partial charge on any atom is 0.296 e. The number of carbonyl (C=O) groups excluding carboxylic acids is 1. The summed E-state index contributed by atoms with van der Waals surface area (Å²) in [6.45, 7) is 0.236. The Morgan fingerprint density at radius 2 is 2.27 bits per heavy atom. The minimum Gasteiger partial charge on any atom is -0.491 e. The first kappa shape index (κ1) is 9.45. The van der Waals surface area contributed by atoms with Gasteiger partial charge >= 0.3 is 0 Å². The van der Waals surface area contributed by atoms with Crippen LogP contribution in [0.1, 0.15) is 6.42 Å². The summed E-state index contributed by atoms with van der Waals surface area (Å²) in [5.41, 5.74) is -0.00671. The molecule has 0 unspecified atom stereocenters. The molecule has 0 fully saturated rings. The van der Waals surface area contributed by atoms with Crippen molar-refractivity contribution >= 4 is 17.3 Å². The molecule has 2 rings (SSSR count). The van der Waals surface area contributed by atoms with Crippen LogP contribution >= 0.6 is 0 Å². The van der Waals surface area contributed by atoms with E-state index in [1.54, 1.807) is 6.07 Å². The topological polar surface area (TPSA) is 81.5 Å². The number of hydrogen-bond donors (Lipinski definition) is 1. The monoisotopic (exact) mass is 208 g/mol. The molecule has 0 radical (unpaired) electrons. The van der Waals surface area contributed by atoms with Crippen molar-refractivity contribution in [2.75, 3.05) is 11.9 Å².